The number of aryl methyl sites for hydroxylation is 1. The van der Waals surface area contributed by atoms with E-state index in [9.17, 15) is 4.79 Å². The fraction of sp³-hybridized carbons (Fsp3) is 0.667. The van der Waals surface area contributed by atoms with Gasteiger partial charge in [-0.15, -0.1) is 0 Å². The van der Waals surface area contributed by atoms with E-state index < -0.39 is 5.60 Å². The van der Waals surface area contributed by atoms with Crippen molar-refractivity contribution in [2.45, 2.75) is 85.4 Å². The first kappa shape index (κ1) is 21.5. The van der Waals surface area contributed by atoms with Crippen molar-refractivity contribution < 1.29 is 14.3 Å². The molecule has 0 saturated heterocycles. The first-order valence-corrected chi connectivity index (χ1v) is 9.55. The van der Waals surface area contributed by atoms with Crippen LogP contribution in [0.3, 0.4) is 0 Å². The number of anilines is 1. The Morgan fingerprint density at radius 2 is 1.92 bits per heavy atom. The number of hydrogen-bond donors (Lipinski definition) is 1. The van der Waals surface area contributed by atoms with Crippen molar-refractivity contribution >= 4 is 11.6 Å². The zero-order valence-electron chi connectivity index (χ0n) is 16.8. The Bertz CT molecular complexity index is 542. The van der Waals surface area contributed by atoms with Crippen LogP contribution in [-0.4, -0.2) is 24.2 Å². The molecular formula is C21H35NO3. The van der Waals surface area contributed by atoms with Gasteiger partial charge in [-0.25, -0.2) is 0 Å². The molecule has 0 aliphatic heterocycles. The highest BCUT2D eigenvalue weighted by molar-refractivity contribution is 5.97. The van der Waals surface area contributed by atoms with Crippen LogP contribution in [0, 0.1) is 6.92 Å². The highest BCUT2D eigenvalue weighted by atomic mass is 16.5. The van der Waals surface area contributed by atoms with E-state index in [-0.39, 0.29) is 12.0 Å². The summed E-state index contributed by atoms with van der Waals surface area (Å²) in [6.45, 7) is 12.7. The van der Waals surface area contributed by atoms with E-state index in [0.717, 1.165) is 49.1 Å². The van der Waals surface area contributed by atoms with Gasteiger partial charge in [-0.05, 0) is 64.3 Å². The number of benzene rings is 1. The van der Waals surface area contributed by atoms with E-state index in [2.05, 4.69) is 19.2 Å². The molecule has 0 aromatic heterocycles. The molecule has 1 rings (SSSR count). The molecule has 0 aliphatic rings. The van der Waals surface area contributed by atoms with Crippen molar-refractivity contribution in [1.82, 2.24) is 0 Å². The molecule has 1 aromatic rings. The molecule has 1 atom stereocenters. The predicted octanol–water partition coefficient (Wildman–Crippen LogP) is 5.49. The Morgan fingerprint density at radius 3 is 2.48 bits per heavy atom. The lowest BCUT2D eigenvalue weighted by atomic mass is 9.96. The predicted molar refractivity (Wildman–Crippen MR) is 104 cm³/mol. The van der Waals surface area contributed by atoms with Crippen LogP contribution >= 0.6 is 0 Å². The molecule has 25 heavy (non-hydrogen) atoms. The third kappa shape index (κ3) is 7.07. The second-order valence-electron chi connectivity index (χ2n) is 7.14. The number of carbonyl (C=O) groups is 1. The summed E-state index contributed by atoms with van der Waals surface area (Å²) in [6.07, 6.45) is 4.99. The molecule has 0 fully saturated rings. The lowest BCUT2D eigenvalue weighted by molar-refractivity contribution is -0.140. The van der Waals surface area contributed by atoms with Crippen LogP contribution in [0.25, 0.3) is 0 Å². The molecule has 142 valence electrons. The van der Waals surface area contributed by atoms with Gasteiger partial charge in [0.15, 0.2) is 0 Å². The van der Waals surface area contributed by atoms with Crippen LogP contribution in [-0.2, 0) is 9.53 Å². The summed E-state index contributed by atoms with van der Waals surface area (Å²) in [5.74, 6) is 0.773. The molecule has 0 unspecified atom stereocenters. The molecule has 0 spiro atoms. The number of amides is 1. The topological polar surface area (TPSA) is 47.6 Å². The van der Waals surface area contributed by atoms with Gasteiger partial charge >= 0.3 is 0 Å². The lowest BCUT2D eigenvalue weighted by Gasteiger charge is -2.29. The summed E-state index contributed by atoms with van der Waals surface area (Å²) in [4.78, 5) is 12.8. The summed E-state index contributed by atoms with van der Waals surface area (Å²) in [6, 6.07) is 5.74. The Kier molecular flexibility index (Phi) is 8.98. The number of rotatable bonds is 11. The average Bonchev–Trinajstić information content (AvgIpc) is 2.55. The number of nitrogens with one attached hydrogen (secondary N) is 1. The Hall–Kier alpha value is -1.55. The highest BCUT2D eigenvalue weighted by Crippen LogP contribution is 2.26. The van der Waals surface area contributed by atoms with Gasteiger partial charge in [0, 0.05) is 12.3 Å². The Labute approximate surface area is 153 Å². The maximum atomic E-state index is 12.8. The summed E-state index contributed by atoms with van der Waals surface area (Å²) >= 11 is 0. The maximum absolute atomic E-state index is 12.8. The van der Waals surface area contributed by atoms with Crippen LogP contribution in [0.5, 0.6) is 5.75 Å². The van der Waals surface area contributed by atoms with E-state index in [4.69, 9.17) is 9.47 Å². The molecule has 4 nitrogen and oxygen atoms in total. The van der Waals surface area contributed by atoms with Crippen molar-refractivity contribution in [2.75, 3.05) is 11.9 Å². The van der Waals surface area contributed by atoms with Crippen LogP contribution in [0.15, 0.2) is 18.2 Å². The van der Waals surface area contributed by atoms with Gasteiger partial charge < -0.3 is 14.8 Å². The zero-order chi connectivity index (χ0) is 18.9. The third-order valence-electron chi connectivity index (χ3n) is 4.16. The number of ether oxygens (including phenoxy) is 2. The lowest BCUT2D eigenvalue weighted by Crippen LogP contribution is -2.43. The van der Waals surface area contributed by atoms with E-state index in [1.807, 2.05) is 45.9 Å². The minimum Gasteiger partial charge on any atom is -0.491 e. The summed E-state index contributed by atoms with van der Waals surface area (Å²) in [7, 11) is 0. The van der Waals surface area contributed by atoms with E-state index in [1.165, 1.54) is 0 Å². The van der Waals surface area contributed by atoms with Crippen molar-refractivity contribution in [3.05, 3.63) is 23.8 Å². The second-order valence-corrected chi connectivity index (χ2v) is 7.14. The van der Waals surface area contributed by atoms with E-state index >= 15 is 0 Å². The summed E-state index contributed by atoms with van der Waals surface area (Å²) in [5.41, 5.74) is 1.00. The third-order valence-corrected chi connectivity index (χ3v) is 4.16. The SMILES string of the molecule is CCCCC[C@@](C)(OCCC)C(=O)Nc1ccc(OC(C)C)c(C)c1. The first-order chi connectivity index (χ1) is 11.8. The van der Waals surface area contributed by atoms with Crippen LogP contribution in [0.1, 0.15) is 72.3 Å². The van der Waals surface area contributed by atoms with Gasteiger partial charge in [0.25, 0.3) is 5.91 Å². The highest BCUT2D eigenvalue weighted by Gasteiger charge is 2.33. The fourth-order valence-corrected chi connectivity index (χ4v) is 2.67. The van der Waals surface area contributed by atoms with Gasteiger partial charge in [0.2, 0.25) is 0 Å². The molecule has 0 aliphatic carbocycles. The van der Waals surface area contributed by atoms with Gasteiger partial charge in [-0.3, -0.25) is 4.79 Å². The fourth-order valence-electron chi connectivity index (χ4n) is 2.67. The van der Waals surface area contributed by atoms with Gasteiger partial charge in [-0.1, -0.05) is 33.1 Å². The van der Waals surface area contributed by atoms with Gasteiger partial charge in [-0.2, -0.15) is 0 Å². The largest absolute Gasteiger partial charge is 0.491 e. The summed E-state index contributed by atoms with van der Waals surface area (Å²) in [5, 5.41) is 3.02. The number of unbranched alkanes of at least 4 members (excludes halogenated alkanes) is 2. The smallest absolute Gasteiger partial charge is 0.256 e. The zero-order valence-corrected chi connectivity index (χ0v) is 16.8. The molecule has 0 heterocycles. The molecule has 1 amide bonds. The second kappa shape index (κ2) is 10.4. The molecule has 0 radical (unpaired) electrons. The van der Waals surface area contributed by atoms with Gasteiger partial charge in [0.05, 0.1) is 6.10 Å². The minimum atomic E-state index is -0.786. The van der Waals surface area contributed by atoms with E-state index in [1.54, 1.807) is 0 Å². The van der Waals surface area contributed by atoms with Crippen molar-refractivity contribution in [3.63, 3.8) is 0 Å². The summed E-state index contributed by atoms with van der Waals surface area (Å²) < 4.78 is 11.7. The monoisotopic (exact) mass is 349 g/mol. The maximum Gasteiger partial charge on any atom is 0.256 e. The molecule has 1 N–H and O–H groups in total. The molecular weight excluding hydrogens is 314 g/mol. The minimum absolute atomic E-state index is 0.0750. The average molecular weight is 350 g/mol. The van der Waals surface area contributed by atoms with Gasteiger partial charge in [0.1, 0.15) is 11.4 Å². The quantitative estimate of drug-likeness (QED) is 0.538. The van der Waals surface area contributed by atoms with Crippen LogP contribution in [0.2, 0.25) is 0 Å². The normalized spacial score (nSPS) is 13.6. The van der Waals surface area contributed by atoms with Crippen LogP contribution < -0.4 is 10.1 Å². The Morgan fingerprint density at radius 1 is 1.20 bits per heavy atom. The van der Waals surface area contributed by atoms with Crippen molar-refractivity contribution in [3.8, 4) is 5.75 Å². The van der Waals surface area contributed by atoms with Crippen LogP contribution in [0.4, 0.5) is 5.69 Å². The first-order valence-electron chi connectivity index (χ1n) is 9.55. The number of hydrogen-bond acceptors (Lipinski definition) is 3. The van der Waals surface area contributed by atoms with Crippen molar-refractivity contribution in [2.24, 2.45) is 0 Å². The standard InChI is InChI=1S/C21H35NO3/c1-7-9-10-13-21(6,24-14-8-2)20(23)22-18-11-12-19(17(5)15-18)25-16(3)4/h11-12,15-16H,7-10,13-14H2,1-6H3,(H,22,23)/t21-/m1/s1. The molecule has 0 bridgehead atoms. The molecule has 4 heteroatoms. The van der Waals surface area contributed by atoms with Crippen molar-refractivity contribution in [1.29, 1.82) is 0 Å². The molecule has 1 aromatic carbocycles. The number of carbonyl (C=O) groups excluding carboxylic acids is 1. The molecule has 0 saturated carbocycles. The van der Waals surface area contributed by atoms with E-state index in [0.29, 0.717) is 6.61 Å². The Balaban J connectivity index is 2.82.